The van der Waals surface area contributed by atoms with Crippen molar-refractivity contribution in [2.24, 2.45) is 0 Å². The van der Waals surface area contributed by atoms with Crippen LogP contribution in [0, 0.1) is 0 Å². The van der Waals surface area contributed by atoms with Gasteiger partial charge < -0.3 is 4.40 Å². The zero-order valence-corrected chi connectivity index (χ0v) is 19.2. The Hall–Kier alpha value is -3.84. The van der Waals surface area contributed by atoms with E-state index in [1.54, 1.807) is 0 Å². The molecule has 5 aromatic carbocycles. The fourth-order valence-corrected chi connectivity index (χ4v) is 5.60. The summed E-state index contributed by atoms with van der Waals surface area (Å²) >= 11 is 0. The van der Waals surface area contributed by atoms with Crippen LogP contribution in [-0.4, -0.2) is 4.40 Å². The lowest BCUT2D eigenvalue weighted by molar-refractivity contribution is 0.590. The average molecular weight is 424 g/mol. The molecule has 0 amide bonds. The van der Waals surface area contributed by atoms with E-state index in [4.69, 9.17) is 0 Å². The number of aromatic nitrogens is 1. The molecule has 2 heterocycles. The summed E-state index contributed by atoms with van der Waals surface area (Å²) in [6.07, 6.45) is 0. The van der Waals surface area contributed by atoms with Crippen LogP contribution in [0.5, 0.6) is 0 Å². The van der Waals surface area contributed by atoms with Gasteiger partial charge in [0.05, 0.1) is 16.6 Å². The fraction of sp³-hybridized carbons (Fsp3) is 0.125. The molecule has 7 rings (SSSR count). The van der Waals surface area contributed by atoms with Gasteiger partial charge in [0, 0.05) is 21.5 Å². The molecule has 2 aromatic heterocycles. The van der Waals surface area contributed by atoms with Crippen LogP contribution < -0.4 is 0 Å². The van der Waals surface area contributed by atoms with Crippen LogP contribution in [0.25, 0.3) is 60.0 Å². The topological polar surface area (TPSA) is 4.41 Å². The Morgan fingerprint density at radius 2 is 1.24 bits per heavy atom. The molecule has 0 radical (unpaired) electrons. The Morgan fingerprint density at radius 1 is 0.545 bits per heavy atom. The molecule has 1 nitrogen and oxygen atoms in total. The molecule has 0 aliphatic heterocycles. The Kier molecular flexibility index (Phi) is 3.60. The first-order valence-electron chi connectivity index (χ1n) is 11.7. The fourth-order valence-electron chi connectivity index (χ4n) is 5.60. The van der Waals surface area contributed by atoms with Crippen LogP contribution in [0.15, 0.2) is 97.1 Å². The summed E-state index contributed by atoms with van der Waals surface area (Å²) in [6.45, 7) is 6.81. The van der Waals surface area contributed by atoms with E-state index in [1.807, 2.05) is 0 Å². The van der Waals surface area contributed by atoms with E-state index < -0.39 is 0 Å². The Balaban J connectivity index is 1.65. The lowest BCUT2D eigenvalue weighted by Gasteiger charge is -2.19. The molecule has 0 fully saturated rings. The first-order valence-corrected chi connectivity index (χ1v) is 11.7. The van der Waals surface area contributed by atoms with Crippen molar-refractivity contribution in [3.63, 3.8) is 0 Å². The van der Waals surface area contributed by atoms with Crippen molar-refractivity contribution in [3.05, 3.63) is 103 Å². The molecule has 33 heavy (non-hydrogen) atoms. The van der Waals surface area contributed by atoms with Gasteiger partial charge in [-0.2, -0.15) is 0 Å². The first-order chi connectivity index (χ1) is 16.0. The number of rotatable bonds is 1. The third-order valence-corrected chi connectivity index (χ3v) is 7.27. The third kappa shape index (κ3) is 2.54. The Morgan fingerprint density at radius 3 is 2.03 bits per heavy atom. The number of nitrogens with zero attached hydrogens (tertiary/aromatic N) is 1. The highest BCUT2D eigenvalue weighted by atomic mass is 14.9. The smallest absolute Gasteiger partial charge is 0.0621 e. The molecule has 0 bridgehead atoms. The summed E-state index contributed by atoms with van der Waals surface area (Å²) in [5, 5.41) is 7.96. The van der Waals surface area contributed by atoms with E-state index in [2.05, 4.69) is 122 Å². The first kappa shape index (κ1) is 18.7. The normalized spacial score (nSPS) is 12.7. The van der Waals surface area contributed by atoms with Crippen molar-refractivity contribution >= 4 is 48.9 Å². The molecule has 0 unspecified atom stereocenters. The maximum atomic E-state index is 2.47. The van der Waals surface area contributed by atoms with Gasteiger partial charge in [-0.1, -0.05) is 93.6 Å². The van der Waals surface area contributed by atoms with Crippen molar-refractivity contribution < 1.29 is 0 Å². The van der Waals surface area contributed by atoms with Gasteiger partial charge in [-0.3, -0.25) is 0 Å². The van der Waals surface area contributed by atoms with Gasteiger partial charge in [-0.05, 0) is 57.1 Å². The van der Waals surface area contributed by atoms with E-state index in [1.165, 1.54) is 65.6 Å². The van der Waals surface area contributed by atoms with Gasteiger partial charge in [0.2, 0.25) is 0 Å². The quantitative estimate of drug-likeness (QED) is 0.248. The molecule has 0 atom stereocenters. The second kappa shape index (κ2) is 6.36. The molecule has 0 aliphatic rings. The molecule has 0 saturated carbocycles. The van der Waals surface area contributed by atoms with E-state index in [0.717, 1.165) is 0 Å². The number of hydrogen-bond donors (Lipinski definition) is 0. The van der Waals surface area contributed by atoms with Crippen molar-refractivity contribution in [3.8, 4) is 11.1 Å². The molecular weight excluding hydrogens is 398 g/mol. The SMILES string of the molecule is CC(C)(C)c1ccc(-c2cc3c4ccccc4n4c5ccc6ccccc6c5c(c2)c34)cc1. The number of fused-ring (bicyclic) bond motifs is 8. The second-order valence-electron chi connectivity index (χ2n) is 10.3. The third-order valence-electron chi connectivity index (χ3n) is 7.27. The van der Waals surface area contributed by atoms with Gasteiger partial charge >= 0.3 is 0 Å². The van der Waals surface area contributed by atoms with Crippen LogP contribution >= 0.6 is 0 Å². The molecule has 1 heteroatoms. The number of para-hydroxylation sites is 1. The summed E-state index contributed by atoms with van der Waals surface area (Å²) in [6, 6.07) is 36.0. The monoisotopic (exact) mass is 423 g/mol. The lowest BCUT2D eigenvalue weighted by Crippen LogP contribution is -2.10. The van der Waals surface area contributed by atoms with Gasteiger partial charge in [0.1, 0.15) is 0 Å². The van der Waals surface area contributed by atoms with Crippen LogP contribution in [0.1, 0.15) is 26.3 Å². The van der Waals surface area contributed by atoms with Crippen LogP contribution in [0.2, 0.25) is 0 Å². The van der Waals surface area contributed by atoms with Crippen molar-refractivity contribution in [2.75, 3.05) is 0 Å². The highest BCUT2D eigenvalue weighted by Gasteiger charge is 2.20. The zero-order chi connectivity index (χ0) is 22.3. The molecule has 0 aliphatic carbocycles. The van der Waals surface area contributed by atoms with Crippen LogP contribution in [0.3, 0.4) is 0 Å². The Bertz CT molecular complexity index is 1830. The zero-order valence-electron chi connectivity index (χ0n) is 19.2. The molecule has 0 N–H and O–H groups in total. The van der Waals surface area contributed by atoms with Gasteiger partial charge in [-0.25, -0.2) is 0 Å². The summed E-state index contributed by atoms with van der Waals surface area (Å²) in [5.74, 6) is 0. The van der Waals surface area contributed by atoms with E-state index in [9.17, 15) is 0 Å². The minimum Gasteiger partial charge on any atom is -0.308 e. The van der Waals surface area contributed by atoms with Crippen LogP contribution in [-0.2, 0) is 5.41 Å². The predicted molar refractivity (Wildman–Crippen MR) is 143 cm³/mol. The summed E-state index contributed by atoms with van der Waals surface area (Å²) < 4.78 is 2.47. The second-order valence-corrected chi connectivity index (χ2v) is 10.3. The lowest BCUT2D eigenvalue weighted by atomic mass is 9.86. The molecule has 0 spiro atoms. The summed E-state index contributed by atoms with van der Waals surface area (Å²) in [7, 11) is 0. The minimum atomic E-state index is 0.155. The highest BCUT2D eigenvalue weighted by Crippen LogP contribution is 2.43. The van der Waals surface area contributed by atoms with Crippen LogP contribution in [0.4, 0.5) is 0 Å². The Labute approximate surface area is 193 Å². The predicted octanol–water partition coefficient (Wildman–Crippen LogP) is 8.95. The van der Waals surface area contributed by atoms with Gasteiger partial charge in [0.25, 0.3) is 0 Å². The minimum absolute atomic E-state index is 0.155. The van der Waals surface area contributed by atoms with E-state index >= 15 is 0 Å². The van der Waals surface area contributed by atoms with Crippen molar-refractivity contribution in [2.45, 2.75) is 26.2 Å². The van der Waals surface area contributed by atoms with Gasteiger partial charge in [0.15, 0.2) is 0 Å². The standard InChI is InChI=1S/C32H25N/c1-32(2,3)23-15-12-20(13-16-23)22-18-26-25-10-6-7-11-28(25)33-29-17-14-21-8-4-5-9-24(21)30(29)27(19-22)31(26)33/h4-19H,1-3H3. The maximum Gasteiger partial charge on any atom is 0.0621 e. The number of benzene rings is 5. The summed E-state index contributed by atoms with van der Waals surface area (Å²) in [4.78, 5) is 0. The van der Waals surface area contributed by atoms with E-state index in [-0.39, 0.29) is 5.41 Å². The molecular formula is C32H25N. The van der Waals surface area contributed by atoms with Crippen molar-refractivity contribution in [1.29, 1.82) is 0 Å². The molecule has 7 aromatic rings. The molecule has 158 valence electrons. The number of hydrogen-bond acceptors (Lipinski definition) is 0. The largest absolute Gasteiger partial charge is 0.308 e. The van der Waals surface area contributed by atoms with Crippen molar-refractivity contribution in [1.82, 2.24) is 4.40 Å². The highest BCUT2D eigenvalue weighted by molar-refractivity contribution is 6.29. The maximum absolute atomic E-state index is 2.47. The van der Waals surface area contributed by atoms with E-state index in [0.29, 0.717) is 0 Å². The summed E-state index contributed by atoms with van der Waals surface area (Å²) in [5.41, 5.74) is 7.97. The van der Waals surface area contributed by atoms with Gasteiger partial charge in [-0.15, -0.1) is 0 Å². The average Bonchev–Trinajstić information content (AvgIpc) is 3.35. The molecule has 0 saturated heterocycles.